The smallest absolute Gasteiger partial charge is 0.305 e. The van der Waals surface area contributed by atoms with E-state index in [1.807, 2.05) is 0 Å². The van der Waals surface area contributed by atoms with Crippen LogP contribution in [0, 0.1) is 6.92 Å². The molecule has 0 radical (unpaired) electrons. The van der Waals surface area contributed by atoms with Crippen molar-refractivity contribution < 1.29 is 9.90 Å². The fourth-order valence-corrected chi connectivity index (χ4v) is 4.32. The van der Waals surface area contributed by atoms with Gasteiger partial charge in [0.25, 0.3) is 0 Å². The summed E-state index contributed by atoms with van der Waals surface area (Å²) >= 11 is 5.25. The Balaban J connectivity index is 2.21. The van der Waals surface area contributed by atoms with Gasteiger partial charge in [0.2, 0.25) is 0 Å². The van der Waals surface area contributed by atoms with Crippen LogP contribution in [0.15, 0.2) is 10.5 Å². The number of thiophene rings is 1. The van der Waals surface area contributed by atoms with Crippen molar-refractivity contribution in [3.63, 3.8) is 0 Å². The Morgan fingerprint density at radius 3 is 2.53 bits per heavy atom. The lowest BCUT2D eigenvalue weighted by molar-refractivity contribution is -0.138. The van der Waals surface area contributed by atoms with E-state index in [9.17, 15) is 9.90 Å². The Morgan fingerprint density at radius 1 is 1.42 bits per heavy atom. The minimum absolute atomic E-state index is 0.0330. The zero-order valence-corrected chi connectivity index (χ0v) is 13.6. The van der Waals surface area contributed by atoms with Crippen molar-refractivity contribution in [2.75, 3.05) is 13.1 Å². The second-order valence-corrected chi connectivity index (χ2v) is 7.26. The van der Waals surface area contributed by atoms with Crippen LogP contribution in [0.2, 0.25) is 0 Å². The number of hydrogen-bond acceptors (Lipinski definition) is 3. The number of carboxylic acids is 1. The molecule has 1 aromatic heterocycles. The van der Waals surface area contributed by atoms with E-state index in [0.29, 0.717) is 0 Å². The average molecular weight is 346 g/mol. The van der Waals surface area contributed by atoms with Gasteiger partial charge in [0.1, 0.15) is 0 Å². The van der Waals surface area contributed by atoms with Gasteiger partial charge >= 0.3 is 5.97 Å². The third kappa shape index (κ3) is 4.04. The summed E-state index contributed by atoms with van der Waals surface area (Å²) < 4.78 is 1.10. The van der Waals surface area contributed by atoms with Crippen LogP contribution in [0.3, 0.4) is 0 Å². The Morgan fingerprint density at radius 2 is 2.05 bits per heavy atom. The van der Waals surface area contributed by atoms with Gasteiger partial charge < -0.3 is 5.11 Å². The molecule has 1 fully saturated rings. The number of carboxylic acid groups (broad SMARTS) is 1. The van der Waals surface area contributed by atoms with E-state index in [1.54, 1.807) is 11.3 Å². The molecule has 1 aliphatic rings. The number of carbonyl (C=O) groups is 1. The third-order valence-corrected chi connectivity index (χ3v) is 5.89. The molecule has 1 aliphatic heterocycles. The lowest BCUT2D eigenvalue weighted by Gasteiger charge is -2.28. The molecule has 1 saturated heterocycles. The van der Waals surface area contributed by atoms with Gasteiger partial charge in [-0.1, -0.05) is 12.8 Å². The molecular weight excluding hydrogens is 326 g/mol. The second kappa shape index (κ2) is 6.86. The minimum atomic E-state index is -0.712. The molecule has 0 spiro atoms. The van der Waals surface area contributed by atoms with Gasteiger partial charge in [-0.25, -0.2) is 0 Å². The third-order valence-electron chi connectivity index (χ3n) is 3.65. The maximum Gasteiger partial charge on any atom is 0.305 e. The summed E-state index contributed by atoms with van der Waals surface area (Å²) in [6.45, 7) is 4.11. The number of likely N-dealkylation sites (tertiary alicyclic amines) is 1. The first-order valence-corrected chi connectivity index (χ1v) is 8.40. The van der Waals surface area contributed by atoms with Crippen LogP contribution < -0.4 is 0 Å². The highest BCUT2D eigenvalue weighted by atomic mass is 79.9. The summed E-state index contributed by atoms with van der Waals surface area (Å²) in [5.74, 6) is -0.712. The van der Waals surface area contributed by atoms with Crippen LogP contribution in [-0.4, -0.2) is 29.1 Å². The van der Waals surface area contributed by atoms with Gasteiger partial charge in [-0.3, -0.25) is 9.69 Å². The van der Waals surface area contributed by atoms with Crippen molar-refractivity contribution in [3.8, 4) is 0 Å². The Hall–Kier alpha value is -0.390. The van der Waals surface area contributed by atoms with Crippen molar-refractivity contribution in [1.29, 1.82) is 0 Å². The summed E-state index contributed by atoms with van der Waals surface area (Å²) in [5, 5.41) is 9.19. The van der Waals surface area contributed by atoms with Crippen molar-refractivity contribution >= 4 is 33.2 Å². The monoisotopic (exact) mass is 345 g/mol. The molecule has 2 rings (SSSR count). The lowest BCUT2D eigenvalue weighted by Crippen LogP contribution is -2.30. The zero-order valence-electron chi connectivity index (χ0n) is 11.2. The molecule has 1 atom stereocenters. The standard InChI is InChI=1S/C14H20BrNO2S/c1-10-11(15)8-13(19-10)12(9-14(17)18)16-6-4-2-3-5-7-16/h8,12H,2-7,9H2,1H3,(H,17,18). The zero-order chi connectivity index (χ0) is 13.8. The molecule has 0 bridgehead atoms. The number of aryl methyl sites for hydroxylation is 1. The quantitative estimate of drug-likeness (QED) is 0.888. The fourth-order valence-electron chi connectivity index (χ4n) is 2.63. The van der Waals surface area contributed by atoms with Gasteiger partial charge in [-0.15, -0.1) is 11.3 Å². The summed E-state index contributed by atoms with van der Waals surface area (Å²) in [6, 6.07) is 2.13. The molecule has 0 aliphatic carbocycles. The first-order chi connectivity index (χ1) is 9.08. The van der Waals surface area contributed by atoms with Gasteiger partial charge in [0, 0.05) is 14.2 Å². The lowest BCUT2D eigenvalue weighted by atomic mass is 10.1. The first kappa shape index (κ1) is 15.0. The number of nitrogens with zero attached hydrogens (tertiary/aromatic N) is 1. The van der Waals surface area contributed by atoms with Crippen molar-refractivity contribution in [3.05, 3.63) is 20.3 Å². The summed E-state index contributed by atoms with van der Waals surface area (Å²) in [4.78, 5) is 15.9. The highest BCUT2D eigenvalue weighted by molar-refractivity contribution is 9.10. The topological polar surface area (TPSA) is 40.5 Å². The molecule has 2 heterocycles. The van der Waals surface area contributed by atoms with Crippen molar-refractivity contribution in [2.45, 2.75) is 45.1 Å². The summed E-state index contributed by atoms with van der Waals surface area (Å²) in [6.07, 6.45) is 5.10. The highest BCUT2D eigenvalue weighted by Gasteiger charge is 2.25. The number of rotatable bonds is 4. The van der Waals surface area contributed by atoms with Crippen LogP contribution in [0.5, 0.6) is 0 Å². The second-order valence-electron chi connectivity index (χ2n) is 5.12. The number of aliphatic carboxylic acids is 1. The van der Waals surface area contributed by atoms with E-state index in [-0.39, 0.29) is 12.5 Å². The van der Waals surface area contributed by atoms with Gasteiger partial charge in [0.15, 0.2) is 0 Å². The molecule has 19 heavy (non-hydrogen) atoms. The molecule has 5 heteroatoms. The number of halogens is 1. The molecule has 0 amide bonds. The largest absolute Gasteiger partial charge is 0.481 e. The molecule has 1 unspecified atom stereocenters. The predicted molar refractivity (Wildman–Crippen MR) is 81.8 cm³/mol. The average Bonchev–Trinajstić information content (AvgIpc) is 2.59. The highest BCUT2D eigenvalue weighted by Crippen LogP contribution is 2.36. The SMILES string of the molecule is Cc1sc(C(CC(=O)O)N2CCCCCC2)cc1Br. The van der Waals surface area contributed by atoms with E-state index >= 15 is 0 Å². The first-order valence-electron chi connectivity index (χ1n) is 6.79. The van der Waals surface area contributed by atoms with Crippen LogP contribution in [0.25, 0.3) is 0 Å². The molecule has 0 saturated carbocycles. The van der Waals surface area contributed by atoms with E-state index in [0.717, 1.165) is 17.6 Å². The molecular formula is C14H20BrNO2S. The Bertz CT molecular complexity index is 419. The van der Waals surface area contributed by atoms with Crippen LogP contribution in [-0.2, 0) is 4.79 Å². The van der Waals surface area contributed by atoms with E-state index in [4.69, 9.17) is 0 Å². The normalized spacial score (nSPS) is 19.1. The number of hydrogen-bond donors (Lipinski definition) is 1. The maximum atomic E-state index is 11.2. The molecule has 106 valence electrons. The Kier molecular flexibility index (Phi) is 5.42. The fraction of sp³-hybridized carbons (Fsp3) is 0.643. The molecule has 1 aromatic rings. The van der Waals surface area contributed by atoms with Gasteiger partial charge in [-0.05, 0) is 54.9 Å². The minimum Gasteiger partial charge on any atom is -0.481 e. The van der Waals surface area contributed by atoms with Crippen LogP contribution in [0.4, 0.5) is 0 Å². The van der Waals surface area contributed by atoms with Crippen LogP contribution >= 0.6 is 27.3 Å². The maximum absolute atomic E-state index is 11.2. The van der Waals surface area contributed by atoms with E-state index in [2.05, 4.69) is 33.8 Å². The van der Waals surface area contributed by atoms with Crippen molar-refractivity contribution in [2.24, 2.45) is 0 Å². The van der Waals surface area contributed by atoms with Gasteiger partial charge in [0.05, 0.1) is 12.5 Å². The van der Waals surface area contributed by atoms with Gasteiger partial charge in [-0.2, -0.15) is 0 Å². The predicted octanol–water partition coefficient (Wildman–Crippen LogP) is 4.21. The van der Waals surface area contributed by atoms with E-state index < -0.39 is 5.97 Å². The molecule has 3 nitrogen and oxygen atoms in total. The van der Waals surface area contributed by atoms with E-state index in [1.165, 1.54) is 35.4 Å². The summed E-state index contributed by atoms with van der Waals surface area (Å²) in [5.41, 5.74) is 0. The Labute approximate surface area is 126 Å². The summed E-state index contributed by atoms with van der Waals surface area (Å²) in [7, 11) is 0. The molecule has 1 N–H and O–H groups in total. The molecule has 0 aromatic carbocycles. The van der Waals surface area contributed by atoms with Crippen LogP contribution in [0.1, 0.15) is 47.9 Å². The van der Waals surface area contributed by atoms with Crippen molar-refractivity contribution in [1.82, 2.24) is 4.90 Å².